The van der Waals surface area contributed by atoms with Gasteiger partial charge in [0.1, 0.15) is 0 Å². The summed E-state index contributed by atoms with van der Waals surface area (Å²) in [6.07, 6.45) is 2.71. The molecule has 3 nitrogen and oxygen atoms in total. The lowest BCUT2D eigenvalue weighted by Gasteiger charge is -2.18. The van der Waals surface area contributed by atoms with Gasteiger partial charge in [0.25, 0.3) is 0 Å². The Morgan fingerprint density at radius 1 is 1.38 bits per heavy atom. The maximum atomic E-state index is 11.9. The Balaban J connectivity index is 2.37. The number of aryl methyl sites for hydroxylation is 1. The smallest absolute Gasteiger partial charge is 0.178 e. The van der Waals surface area contributed by atoms with Crippen LogP contribution >= 0.6 is 0 Å². The van der Waals surface area contributed by atoms with E-state index in [0.29, 0.717) is 11.3 Å². The molecule has 1 aliphatic rings. The maximum absolute atomic E-state index is 11.9. The van der Waals surface area contributed by atoms with Gasteiger partial charge in [-0.05, 0) is 43.0 Å². The van der Waals surface area contributed by atoms with Crippen LogP contribution in [0.2, 0.25) is 0 Å². The molecule has 0 radical (unpaired) electrons. The van der Waals surface area contributed by atoms with E-state index in [2.05, 4.69) is 5.32 Å². The van der Waals surface area contributed by atoms with Gasteiger partial charge in [0.2, 0.25) is 0 Å². The summed E-state index contributed by atoms with van der Waals surface area (Å²) in [5.74, 6) is 0.235. The predicted octanol–water partition coefficient (Wildman–Crippen LogP) is 2.23. The lowest BCUT2D eigenvalue weighted by Crippen LogP contribution is -2.13. The van der Waals surface area contributed by atoms with Crippen LogP contribution in [0, 0.1) is 0 Å². The molecule has 88 valence electrons. The van der Waals surface area contributed by atoms with Gasteiger partial charge in [-0.25, -0.2) is 8.42 Å². The van der Waals surface area contributed by atoms with Gasteiger partial charge in [0.15, 0.2) is 9.84 Å². The van der Waals surface area contributed by atoms with Gasteiger partial charge in [-0.2, -0.15) is 0 Å². The van der Waals surface area contributed by atoms with E-state index in [0.717, 1.165) is 30.6 Å². The highest BCUT2D eigenvalue weighted by Gasteiger charge is 2.16. The topological polar surface area (TPSA) is 46.2 Å². The first kappa shape index (κ1) is 11.5. The number of hydrogen-bond acceptors (Lipinski definition) is 3. The number of rotatable bonds is 3. The van der Waals surface area contributed by atoms with E-state index >= 15 is 0 Å². The second kappa shape index (κ2) is 4.45. The van der Waals surface area contributed by atoms with Crippen LogP contribution in [0.15, 0.2) is 23.1 Å². The molecule has 1 aromatic carbocycles. The Kier molecular flexibility index (Phi) is 3.19. The van der Waals surface area contributed by atoms with Crippen molar-refractivity contribution in [3.05, 3.63) is 23.8 Å². The van der Waals surface area contributed by atoms with E-state index in [-0.39, 0.29) is 5.75 Å². The standard InChI is InChI=1S/C12H17NO2S/c1-2-8-16(14,15)11-5-6-12-10(9-11)4-3-7-13-12/h5-6,9,13H,2-4,7-8H2,1H3. The van der Waals surface area contributed by atoms with Gasteiger partial charge in [-0.15, -0.1) is 0 Å². The first-order valence-corrected chi connectivity index (χ1v) is 7.38. The third-order valence-corrected chi connectivity index (χ3v) is 4.76. The lowest BCUT2D eigenvalue weighted by molar-refractivity contribution is 0.594. The van der Waals surface area contributed by atoms with Crippen LogP contribution in [-0.4, -0.2) is 20.7 Å². The van der Waals surface area contributed by atoms with Gasteiger partial charge in [-0.3, -0.25) is 0 Å². The van der Waals surface area contributed by atoms with E-state index in [1.165, 1.54) is 0 Å². The molecule has 4 heteroatoms. The van der Waals surface area contributed by atoms with Crippen molar-refractivity contribution in [1.82, 2.24) is 0 Å². The van der Waals surface area contributed by atoms with Gasteiger partial charge >= 0.3 is 0 Å². The molecule has 0 unspecified atom stereocenters. The predicted molar refractivity (Wildman–Crippen MR) is 65.6 cm³/mol. The van der Waals surface area contributed by atoms with Crippen LogP contribution in [-0.2, 0) is 16.3 Å². The van der Waals surface area contributed by atoms with Gasteiger partial charge in [0, 0.05) is 12.2 Å². The number of benzene rings is 1. The first-order valence-electron chi connectivity index (χ1n) is 5.73. The molecule has 0 atom stereocenters. The molecule has 0 bridgehead atoms. The zero-order chi connectivity index (χ0) is 11.6. The first-order chi connectivity index (χ1) is 7.63. The Labute approximate surface area is 96.8 Å². The highest BCUT2D eigenvalue weighted by molar-refractivity contribution is 7.91. The molecule has 0 saturated carbocycles. The molecule has 2 rings (SSSR count). The average Bonchev–Trinajstić information content (AvgIpc) is 2.28. The molecule has 0 aromatic heterocycles. The number of fused-ring (bicyclic) bond motifs is 1. The minimum atomic E-state index is -3.07. The molecule has 1 aromatic rings. The highest BCUT2D eigenvalue weighted by Crippen LogP contribution is 2.25. The van der Waals surface area contributed by atoms with Crippen molar-refractivity contribution in [3.8, 4) is 0 Å². The summed E-state index contributed by atoms with van der Waals surface area (Å²) in [5.41, 5.74) is 2.21. The summed E-state index contributed by atoms with van der Waals surface area (Å²) in [5, 5.41) is 3.28. The summed E-state index contributed by atoms with van der Waals surface area (Å²) in [6, 6.07) is 5.42. The summed E-state index contributed by atoms with van der Waals surface area (Å²) < 4.78 is 23.8. The summed E-state index contributed by atoms with van der Waals surface area (Å²) >= 11 is 0. The molecule has 1 aliphatic heterocycles. The fraction of sp³-hybridized carbons (Fsp3) is 0.500. The van der Waals surface area contributed by atoms with Crippen LogP contribution in [0.3, 0.4) is 0 Å². The maximum Gasteiger partial charge on any atom is 0.178 e. The van der Waals surface area contributed by atoms with Crippen molar-refractivity contribution in [1.29, 1.82) is 0 Å². The van der Waals surface area contributed by atoms with E-state index in [1.807, 2.05) is 19.1 Å². The monoisotopic (exact) mass is 239 g/mol. The van der Waals surface area contributed by atoms with Crippen molar-refractivity contribution in [2.24, 2.45) is 0 Å². The van der Waals surface area contributed by atoms with Crippen molar-refractivity contribution in [2.75, 3.05) is 17.6 Å². The highest BCUT2D eigenvalue weighted by atomic mass is 32.2. The summed E-state index contributed by atoms with van der Waals surface area (Å²) in [7, 11) is -3.07. The molecule has 1 heterocycles. The number of hydrogen-bond donors (Lipinski definition) is 1. The lowest BCUT2D eigenvalue weighted by atomic mass is 10.0. The molecule has 0 aliphatic carbocycles. The van der Waals surface area contributed by atoms with Gasteiger partial charge in [-0.1, -0.05) is 6.92 Å². The number of anilines is 1. The normalized spacial score (nSPS) is 15.3. The zero-order valence-electron chi connectivity index (χ0n) is 9.49. The van der Waals surface area contributed by atoms with E-state index in [9.17, 15) is 8.42 Å². The van der Waals surface area contributed by atoms with E-state index in [1.54, 1.807) is 6.07 Å². The summed E-state index contributed by atoms with van der Waals surface area (Å²) in [4.78, 5) is 0.469. The minimum Gasteiger partial charge on any atom is -0.385 e. The van der Waals surface area contributed by atoms with E-state index < -0.39 is 9.84 Å². The number of nitrogens with one attached hydrogen (secondary N) is 1. The fourth-order valence-corrected chi connectivity index (χ4v) is 3.40. The van der Waals surface area contributed by atoms with Crippen molar-refractivity contribution < 1.29 is 8.42 Å². The SMILES string of the molecule is CCCS(=O)(=O)c1ccc2c(c1)CCCN2. The van der Waals surface area contributed by atoms with Crippen LogP contribution < -0.4 is 5.32 Å². The average molecular weight is 239 g/mol. The zero-order valence-corrected chi connectivity index (χ0v) is 10.3. The molecular formula is C12H17NO2S. The van der Waals surface area contributed by atoms with Crippen LogP contribution in [0.5, 0.6) is 0 Å². The van der Waals surface area contributed by atoms with Gasteiger partial charge in [0.05, 0.1) is 10.6 Å². The second-order valence-electron chi connectivity index (χ2n) is 4.17. The van der Waals surface area contributed by atoms with E-state index in [4.69, 9.17) is 0 Å². The molecule has 0 saturated heterocycles. The van der Waals surface area contributed by atoms with Gasteiger partial charge < -0.3 is 5.32 Å². The van der Waals surface area contributed by atoms with Crippen LogP contribution in [0.1, 0.15) is 25.3 Å². The quantitative estimate of drug-likeness (QED) is 0.879. The molecule has 16 heavy (non-hydrogen) atoms. The molecule has 0 spiro atoms. The molecule has 1 N–H and O–H groups in total. The van der Waals surface area contributed by atoms with Crippen molar-refractivity contribution in [3.63, 3.8) is 0 Å². The van der Waals surface area contributed by atoms with Crippen LogP contribution in [0.25, 0.3) is 0 Å². The Morgan fingerprint density at radius 3 is 2.94 bits per heavy atom. The third kappa shape index (κ3) is 2.21. The third-order valence-electron chi connectivity index (χ3n) is 2.85. The Hall–Kier alpha value is -1.03. The Bertz CT molecular complexity index is 480. The summed E-state index contributed by atoms with van der Waals surface area (Å²) in [6.45, 7) is 2.87. The number of sulfone groups is 1. The Morgan fingerprint density at radius 2 is 2.19 bits per heavy atom. The second-order valence-corrected chi connectivity index (χ2v) is 6.28. The van der Waals surface area contributed by atoms with Crippen LogP contribution in [0.4, 0.5) is 5.69 Å². The van der Waals surface area contributed by atoms with Crippen molar-refractivity contribution in [2.45, 2.75) is 31.1 Å². The van der Waals surface area contributed by atoms with Crippen molar-refractivity contribution >= 4 is 15.5 Å². The minimum absolute atomic E-state index is 0.235. The fourth-order valence-electron chi connectivity index (χ4n) is 2.03. The molecule has 0 fully saturated rings. The molecule has 0 amide bonds. The molecular weight excluding hydrogens is 222 g/mol. The largest absolute Gasteiger partial charge is 0.385 e.